The molecule has 0 radical (unpaired) electrons. The van der Waals surface area contributed by atoms with Gasteiger partial charge >= 0.3 is 0 Å². The van der Waals surface area contributed by atoms with Crippen LogP contribution in [0, 0.1) is 12.8 Å². The zero-order valence-electron chi connectivity index (χ0n) is 15.9. The Morgan fingerprint density at radius 3 is 1.92 bits per heavy atom. The molecular weight excluding hydrogens is 322 g/mol. The lowest BCUT2D eigenvalue weighted by Gasteiger charge is -2.35. The van der Waals surface area contributed by atoms with Crippen LogP contribution in [0.3, 0.4) is 0 Å². The summed E-state index contributed by atoms with van der Waals surface area (Å²) in [5, 5.41) is 0. The second kappa shape index (κ2) is 10.9. The Balaban J connectivity index is 0.000000446. The number of unbranched alkanes of at least 4 members (excludes halogenated alkanes) is 1. The van der Waals surface area contributed by atoms with Crippen molar-refractivity contribution < 1.29 is 13.0 Å². The molecule has 0 heterocycles. The fourth-order valence-corrected chi connectivity index (χ4v) is 3.37. The molecule has 0 bridgehead atoms. The second-order valence-corrected chi connectivity index (χ2v) is 7.90. The van der Waals surface area contributed by atoms with Gasteiger partial charge in [-0.25, -0.2) is 0 Å². The van der Waals surface area contributed by atoms with Gasteiger partial charge in [0.1, 0.15) is 0 Å². The Bertz CT molecular complexity index is 548. The molecule has 0 amide bonds. The Morgan fingerprint density at radius 2 is 1.58 bits per heavy atom. The number of benzene rings is 1. The minimum Gasteiger partial charge on any atom is -0.325 e. The summed E-state index contributed by atoms with van der Waals surface area (Å²) in [6, 6.07) is 5.99. The van der Waals surface area contributed by atoms with E-state index in [1.165, 1.54) is 37.8 Å². The normalized spacial score (nSPS) is 13.1. The van der Waals surface area contributed by atoms with Gasteiger partial charge in [0.05, 0.1) is 4.90 Å². The van der Waals surface area contributed by atoms with E-state index in [4.69, 9.17) is 10.3 Å². The van der Waals surface area contributed by atoms with E-state index >= 15 is 0 Å². The van der Waals surface area contributed by atoms with Crippen LogP contribution in [0.4, 0.5) is 0 Å². The molecule has 0 saturated heterocycles. The number of hydrogen-bond acceptors (Lipinski definition) is 3. The number of nitrogens with two attached hydrogens (primary N) is 1. The van der Waals surface area contributed by atoms with Crippen LogP contribution in [-0.4, -0.2) is 18.5 Å². The molecule has 1 unspecified atom stereocenters. The molecule has 24 heavy (non-hydrogen) atoms. The minimum absolute atomic E-state index is 0.0666. The van der Waals surface area contributed by atoms with E-state index in [1.54, 1.807) is 12.1 Å². The van der Waals surface area contributed by atoms with Crippen molar-refractivity contribution in [2.45, 2.75) is 83.6 Å². The molecule has 3 N–H and O–H groups in total. The van der Waals surface area contributed by atoms with E-state index in [9.17, 15) is 8.42 Å². The summed E-state index contributed by atoms with van der Waals surface area (Å²) in [6.07, 6.45) is 7.40. The predicted molar refractivity (Wildman–Crippen MR) is 102 cm³/mol. The summed E-state index contributed by atoms with van der Waals surface area (Å²) in [6.45, 7) is 10.8. The van der Waals surface area contributed by atoms with Crippen molar-refractivity contribution in [2.75, 3.05) is 0 Å². The molecule has 0 saturated carbocycles. The van der Waals surface area contributed by atoms with Crippen LogP contribution in [-0.2, 0) is 10.1 Å². The first kappa shape index (κ1) is 23.1. The maximum absolute atomic E-state index is 10.5. The van der Waals surface area contributed by atoms with Crippen molar-refractivity contribution in [3.05, 3.63) is 29.8 Å². The van der Waals surface area contributed by atoms with Gasteiger partial charge in [-0.05, 0) is 44.2 Å². The Labute approximate surface area is 148 Å². The second-order valence-electron chi connectivity index (χ2n) is 6.48. The molecule has 1 aromatic rings. The van der Waals surface area contributed by atoms with Gasteiger partial charge in [0, 0.05) is 5.54 Å². The first-order valence-corrected chi connectivity index (χ1v) is 10.4. The average molecular weight is 358 g/mol. The highest BCUT2D eigenvalue weighted by Gasteiger charge is 2.29. The standard InChI is InChI=1S/C12H27N.C7H8O3S/c1-5-9-10-11(6-2)12(13,7-3)8-4;1-6-2-4-7(5-3-6)11(8,9)10/h11H,5-10,13H2,1-4H3;2-5H,1H3,(H,8,9,10). The lowest BCUT2D eigenvalue weighted by Crippen LogP contribution is -2.45. The molecule has 0 aliphatic rings. The largest absolute Gasteiger partial charge is 0.325 e. The highest BCUT2D eigenvalue weighted by Crippen LogP contribution is 2.29. The third kappa shape index (κ3) is 7.77. The van der Waals surface area contributed by atoms with Gasteiger partial charge in [-0.3, -0.25) is 4.55 Å². The molecule has 4 nitrogen and oxygen atoms in total. The summed E-state index contributed by atoms with van der Waals surface area (Å²) in [5.41, 5.74) is 7.45. The summed E-state index contributed by atoms with van der Waals surface area (Å²) in [7, 11) is -4.02. The molecule has 0 fully saturated rings. The topological polar surface area (TPSA) is 80.4 Å². The highest BCUT2D eigenvalue weighted by atomic mass is 32.2. The quantitative estimate of drug-likeness (QED) is 0.644. The smallest absolute Gasteiger partial charge is 0.294 e. The molecule has 5 heteroatoms. The molecule has 0 aromatic heterocycles. The summed E-state index contributed by atoms with van der Waals surface area (Å²) in [4.78, 5) is -0.0666. The van der Waals surface area contributed by atoms with E-state index in [0.717, 1.165) is 24.3 Å². The molecule has 1 atom stereocenters. The Hall–Kier alpha value is -0.910. The van der Waals surface area contributed by atoms with Crippen molar-refractivity contribution in [1.82, 2.24) is 0 Å². The van der Waals surface area contributed by atoms with Crippen LogP contribution in [0.25, 0.3) is 0 Å². The monoisotopic (exact) mass is 357 g/mol. The molecular formula is C19H35NO3S. The van der Waals surface area contributed by atoms with E-state index in [0.29, 0.717) is 0 Å². The van der Waals surface area contributed by atoms with Gasteiger partial charge in [-0.15, -0.1) is 0 Å². The van der Waals surface area contributed by atoms with Crippen molar-refractivity contribution >= 4 is 10.1 Å². The average Bonchev–Trinajstić information content (AvgIpc) is 2.55. The fraction of sp³-hybridized carbons (Fsp3) is 0.684. The first-order valence-electron chi connectivity index (χ1n) is 8.97. The molecule has 140 valence electrons. The molecule has 0 spiro atoms. The van der Waals surface area contributed by atoms with Gasteiger partial charge < -0.3 is 5.73 Å². The minimum atomic E-state index is -4.02. The lowest BCUT2D eigenvalue weighted by molar-refractivity contribution is 0.226. The lowest BCUT2D eigenvalue weighted by atomic mass is 9.76. The first-order chi connectivity index (χ1) is 11.1. The van der Waals surface area contributed by atoms with Crippen LogP contribution in [0.15, 0.2) is 29.2 Å². The van der Waals surface area contributed by atoms with Gasteiger partial charge in [-0.1, -0.05) is 64.7 Å². The summed E-state index contributed by atoms with van der Waals surface area (Å²) in [5.74, 6) is 0.724. The van der Waals surface area contributed by atoms with Gasteiger partial charge in [0.25, 0.3) is 10.1 Å². The van der Waals surface area contributed by atoms with Crippen molar-refractivity contribution in [2.24, 2.45) is 11.7 Å². The zero-order chi connectivity index (χ0) is 18.8. The third-order valence-electron chi connectivity index (χ3n) is 4.85. The van der Waals surface area contributed by atoms with E-state index in [1.807, 2.05) is 6.92 Å². The van der Waals surface area contributed by atoms with Crippen molar-refractivity contribution in [1.29, 1.82) is 0 Å². The summed E-state index contributed by atoms with van der Waals surface area (Å²) >= 11 is 0. The zero-order valence-corrected chi connectivity index (χ0v) is 16.7. The fourth-order valence-electron chi connectivity index (χ4n) is 2.89. The Morgan fingerprint density at radius 1 is 1.08 bits per heavy atom. The van der Waals surface area contributed by atoms with Gasteiger partial charge in [0.15, 0.2) is 0 Å². The van der Waals surface area contributed by atoms with Crippen LogP contribution in [0.2, 0.25) is 0 Å². The summed E-state index contributed by atoms with van der Waals surface area (Å²) < 4.78 is 29.6. The van der Waals surface area contributed by atoms with E-state index < -0.39 is 10.1 Å². The number of rotatable bonds is 8. The number of hydrogen-bond donors (Lipinski definition) is 2. The molecule has 0 aliphatic carbocycles. The molecule has 1 aromatic carbocycles. The predicted octanol–water partition coefficient (Wildman–Crippen LogP) is 4.96. The van der Waals surface area contributed by atoms with Crippen LogP contribution in [0.5, 0.6) is 0 Å². The molecule has 0 aliphatic heterocycles. The van der Waals surface area contributed by atoms with Crippen LogP contribution in [0.1, 0.15) is 71.8 Å². The maximum atomic E-state index is 10.5. The van der Waals surface area contributed by atoms with Crippen molar-refractivity contribution in [3.8, 4) is 0 Å². The van der Waals surface area contributed by atoms with Gasteiger partial charge in [-0.2, -0.15) is 8.42 Å². The Kier molecular flexibility index (Phi) is 10.4. The SMILES string of the molecule is CCCCC(CC)C(N)(CC)CC.Cc1ccc(S(=O)(=O)O)cc1. The number of aryl methyl sites for hydroxylation is 1. The highest BCUT2D eigenvalue weighted by molar-refractivity contribution is 7.85. The van der Waals surface area contributed by atoms with Crippen LogP contribution >= 0.6 is 0 Å². The van der Waals surface area contributed by atoms with E-state index in [2.05, 4.69) is 27.7 Å². The van der Waals surface area contributed by atoms with Crippen LogP contribution < -0.4 is 5.73 Å². The van der Waals surface area contributed by atoms with E-state index in [-0.39, 0.29) is 10.4 Å². The molecule has 1 rings (SSSR count). The maximum Gasteiger partial charge on any atom is 0.294 e. The third-order valence-corrected chi connectivity index (χ3v) is 5.72. The van der Waals surface area contributed by atoms with Gasteiger partial charge in [0.2, 0.25) is 0 Å². The van der Waals surface area contributed by atoms with Crippen molar-refractivity contribution in [3.63, 3.8) is 0 Å².